The molecule has 0 aliphatic rings. The fourth-order valence-corrected chi connectivity index (χ4v) is 2.10. The fourth-order valence-electron chi connectivity index (χ4n) is 1.66. The Bertz CT molecular complexity index is 657. The van der Waals surface area contributed by atoms with Crippen LogP contribution in [0.4, 0.5) is 5.69 Å². The first-order valence-electron chi connectivity index (χ1n) is 5.71. The van der Waals surface area contributed by atoms with Crippen LogP contribution < -0.4 is 4.74 Å². The summed E-state index contributed by atoms with van der Waals surface area (Å²) in [6.07, 6.45) is 0.621. The lowest BCUT2D eigenvalue weighted by Gasteiger charge is -2.07. The summed E-state index contributed by atoms with van der Waals surface area (Å²) < 4.78 is 6.36. The average molecular weight is 336 g/mol. The second-order valence-corrected chi connectivity index (χ2v) is 4.94. The van der Waals surface area contributed by atoms with Crippen molar-refractivity contribution < 1.29 is 14.5 Å². The van der Waals surface area contributed by atoms with E-state index in [0.717, 1.165) is 10.0 Å². The van der Waals surface area contributed by atoms with E-state index < -0.39 is 4.92 Å². The topological polar surface area (TPSA) is 69.4 Å². The first-order valence-corrected chi connectivity index (χ1v) is 6.50. The predicted octanol–water partition coefficient (Wildman–Crippen LogP) is 3.75. The van der Waals surface area contributed by atoms with Crippen LogP contribution >= 0.6 is 15.9 Å². The number of halogens is 1. The molecule has 0 saturated heterocycles. The van der Waals surface area contributed by atoms with Crippen molar-refractivity contribution >= 4 is 27.9 Å². The number of carbonyl (C=O) groups excluding carboxylic acids is 1. The van der Waals surface area contributed by atoms with Gasteiger partial charge in [0.15, 0.2) is 5.75 Å². The van der Waals surface area contributed by atoms with Crippen LogP contribution in [0.5, 0.6) is 5.75 Å². The summed E-state index contributed by atoms with van der Waals surface area (Å²) in [6, 6.07) is 11.4. The smallest absolute Gasteiger partial charge is 0.310 e. The molecule has 0 N–H and O–H groups in total. The minimum atomic E-state index is -0.537. The number of benzene rings is 2. The maximum absolute atomic E-state index is 10.9. The molecule has 0 radical (unpaired) electrons. The van der Waals surface area contributed by atoms with Gasteiger partial charge in [0.2, 0.25) is 0 Å². The highest BCUT2D eigenvalue weighted by Crippen LogP contribution is 2.28. The largest absolute Gasteiger partial charge is 0.482 e. The van der Waals surface area contributed by atoms with Crippen LogP contribution in [0.3, 0.4) is 0 Å². The van der Waals surface area contributed by atoms with Crippen LogP contribution in [0.1, 0.15) is 15.9 Å². The third-order valence-corrected chi connectivity index (χ3v) is 3.09. The van der Waals surface area contributed by atoms with Gasteiger partial charge in [-0.15, -0.1) is 0 Å². The molecular formula is C14H10BrNO4. The molecule has 0 bridgehead atoms. The van der Waals surface area contributed by atoms with Crippen molar-refractivity contribution in [3.63, 3.8) is 0 Å². The zero-order chi connectivity index (χ0) is 14.5. The van der Waals surface area contributed by atoms with Crippen LogP contribution in [0, 0.1) is 10.1 Å². The highest BCUT2D eigenvalue weighted by Gasteiger charge is 2.15. The lowest BCUT2D eigenvalue weighted by atomic mass is 10.2. The summed E-state index contributed by atoms with van der Waals surface area (Å²) in [5.41, 5.74) is 1.04. The molecule has 0 fully saturated rings. The summed E-state index contributed by atoms with van der Waals surface area (Å²) >= 11 is 3.34. The van der Waals surface area contributed by atoms with Gasteiger partial charge in [-0.05, 0) is 29.8 Å². The normalized spacial score (nSPS) is 10.1. The van der Waals surface area contributed by atoms with Gasteiger partial charge >= 0.3 is 5.69 Å². The molecule has 0 saturated carbocycles. The molecule has 5 nitrogen and oxygen atoms in total. The van der Waals surface area contributed by atoms with E-state index in [0.29, 0.717) is 11.8 Å². The Labute approximate surface area is 123 Å². The molecule has 0 aromatic heterocycles. The van der Waals surface area contributed by atoms with Crippen LogP contribution in [-0.4, -0.2) is 11.2 Å². The van der Waals surface area contributed by atoms with E-state index in [-0.39, 0.29) is 18.0 Å². The highest BCUT2D eigenvalue weighted by atomic mass is 79.9. The van der Waals surface area contributed by atoms with Crippen molar-refractivity contribution in [3.8, 4) is 5.75 Å². The van der Waals surface area contributed by atoms with E-state index in [9.17, 15) is 14.9 Å². The van der Waals surface area contributed by atoms with E-state index in [4.69, 9.17) is 4.74 Å². The number of nitrogens with zero attached hydrogens (tertiary/aromatic N) is 1. The molecular weight excluding hydrogens is 326 g/mol. The fraction of sp³-hybridized carbons (Fsp3) is 0.0714. The van der Waals surface area contributed by atoms with Gasteiger partial charge in [-0.3, -0.25) is 14.9 Å². The third kappa shape index (κ3) is 3.42. The lowest BCUT2D eigenvalue weighted by Crippen LogP contribution is -2.00. The Morgan fingerprint density at radius 2 is 2.05 bits per heavy atom. The highest BCUT2D eigenvalue weighted by molar-refractivity contribution is 9.10. The number of rotatable bonds is 5. The third-order valence-electron chi connectivity index (χ3n) is 2.60. The second-order valence-electron chi connectivity index (χ2n) is 4.02. The van der Waals surface area contributed by atoms with Crippen LogP contribution in [-0.2, 0) is 6.61 Å². The van der Waals surface area contributed by atoms with Crippen LogP contribution in [0.2, 0.25) is 0 Å². The second kappa shape index (κ2) is 6.29. The number of hydrogen-bond acceptors (Lipinski definition) is 4. The minimum absolute atomic E-state index is 0.0829. The Hall–Kier alpha value is -2.21. The van der Waals surface area contributed by atoms with E-state index in [1.165, 1.54) is 18.2 Å². The minimum Gasteiger partial charge on any atom is -0.482 e. The van der Waals surface area contributed by atoms with Gasteiger partial charge in [0.05, 0.1) is 4.92 Å². The van der Waals surface area contributed by atoms with Crippen molar-refractivity contribution in [2.75, 3.05) is 0 Å². The SMILES string of the molecule is O=Cc1ccc([N+](=O)[O-])c(OCc2cccc(Br)c2)c1. The zero-order valence-electron chi connectivity index (χ0n) is 10.3. The van der Waals surface area contributed by atoms with Gasteiger partial charge < -0.3 is 4.74 Å². The molecule has 0 heterocycles. The van der Waals surface area contributed by atoms with Crippen LogP contribution in [0.25, 0.3) is 0 Å². The molecule has 0 unspecified atom stereocenters. The van der Waals surface area contributed by atoms with Gasteiger partial charge in [0.1, 0.15) is 12.9 Å². The number of aldehydes is 1. The molecule has 0 aliphatic heterocycles. The van der Waals surface area contributed by atoms with Gasteiger partial charge in [-0.2, -0.15) is 0 Å². The zero-order valence-corrected chi connectivity index (χ0v) is 11.9. The molecule has 2 aromatic rings. The molecule has 102 valence electrons. The van der Waals surface area contributed by atoms with Crippen molar-refractivity contribution in [1.82, 2.24) is 0 Å². The van der Waals surface area contributed by atoms with Gasteiger partial charge in [-0.1, -0.05) is 28.1 Å². The molecule has 0 amide bonds. The Morgan fingerprint density at radius 3 is 2.70 bits per heavy atom. The molecule has 20 heavy (non-hydrogen) atoms. The number of nitro groups is 1. The Kier molecular flexibility index (Phi) is 4.47. The van der Waals surface area contributed by atoms with E-state index in [2.05, 4.69) is 15.9 Å². The monoisotopic (exact) mass is 335 g/mol. The molecule has 0 atom stereocenters. The summed E-state index contributed by atoms with van der Waals surface area (Å²) in [7, 11) is 0. The first kappa shape index (κ1) is 14.2. The van der Waals surface area contributed by atoms with Gasteiger partial charge in [0.25, 0.3) is 0 Å². The summed E-state index contributed by atoms with van der Waals surface area (Å²) in [6.45, 7) is 0.183. The van der Waals surface area contributed by atoms with Crippen LogP contribution in [0.15, 0.2) is 46.9 Å². The summed E-state index contributed by atoms with van der Waals surface area (Å²) in [5, 5.41) is 10.9. The molecule has 0 aliphatic carbocycles. The lowest BCUT2D eigenvalue weighted by molar-refractivity contribution is -0.385. The van der Waals surface area contributed by atoms with E-state index >= 15 is 0 Å². The number of nitro benzene ring substituents is 1. The predicted molar refractivity (Wildman–Crippen MR) is 77.0 cm³/mol. The number of hydrogen-bond donors (Lipinski definition) is 0. The van der Waals surface area contributed by atoms with E-state index in [1.807, 2.05) is 24.3 Å². The van der Waals surface area contributed by atoms with Crippen molar-refractivity contribution in [1.29, 1.82) is 0 Å². The summed E-state index contributed by atoms with van der Waals surface area (Å²) in [4.78, 5) is 21.1. The quantitative estimate of drug-likeness (QED) is 0.474. The maximum Gasteiger partial charge on any atom is 0.310 e. The van der Waals surface area contributed by atoms with E-state index in [1.54, 1.807) is 0 Å². The number of ether oxygens (including phenoxy) is 1. The number of carbonyl (C=O) groups is 1. The van der Waals surface area contributed by atoms with Crippen molar-refractivity contribution in [2.24, 2.45) is 0 Å². The summed E-state index contributed by atoms with van der Waals surface area (Å²) in [5.74, 6) is 0.0829. The molecule has 6 heteroatoms. The molecule has 0 spiro atoms. The standard InChI is InChI=1S/C14H10BrNO4/c15-12-3-1-2-11(6-12)9-20-14-7-10(8-17)4-5-13(14)16(18)19/h1-8H,9H2. The Balaban J connectivity index is 2.23. The van der Waals surface area contributed by atoms with Gasteiger partial charge in [0, 0.05) is 16.1 Å². The molecule has 2 aromatic carbocycles. The first-order chi connectivity index (χ1) is 9.60. The Morgan fingerprint density at radius 1 is 1.25 bits per heavy atom. The maximum atomic E-state index is 10.9. The van der Waals surface area contributed by atoms with Crippen molar-refractivity contribution in [2.45, 2.75) is 6.61 Å². The molecule has 2 rings (SSSR count). The van der Waals surface area contributed by atoms with Crippen molar-refractivity contribution in [3.05, 3.63) is 68.2 Å². The average Bonchev–Trinajstić information content (AvgIpc) is 2.44. The van der Waals surface area contributed by atoms with Gasteiger partial charge in [-0.25, -0.2) is 0 Å².